The number of fused-ring (bicyclic) bond motifs is 1. The molecule has 0 fully saturated rings. The van der Waals surface area contributed by atoms with Crippen LogP contribution in [0.15, 0.2) is 48.7 Å². The van der Waals surface area contributed by atoms with E-state index in [0.29, 0.717) is 24.1 Å². The predicted octanol–water partition coefficient (Wildman–Crippen LogP) is 4.52. The molecule has 0 aliphatic heterocycles. The molecule has 3 rings (SSSR count). The van der Waals surface area contributed by atoms with E-state index in [2.05, 4.69) is 18.4 Å². The second-order valence-corrected chi connectivity index (χ2v) is 5.77. The summed E-state index contributed by atoms with van der Waals surface area (Å²) in [7, 11) is 1.62. The number of ether oxygens (including phenoxy) is 2. The summed E-state index contributed by atoms with van der Waals surface area (Å²) < 4.78 is 13.4. The van der Waals surface area contributed by atoms with Crippen LogP contribution < -0.4 is 9.47 Å². The molecule has 0 unspecified atom stereocenters. The van der Waals surface area contributed by atoms with Crippen molar-refractivity contribution in [3.8, 4) is 17.2 Å². The fraction of sp³-hybridized carbons (Fsp3) is 0.263. The maximum atomic E-state index is 10.3. The first-order valence-corrected chi connectivity index (χ1v) is 7.69. The van der Waals surface area contributed by atoms with Crippen molar-refractivity contribution in [1.82, 2.24) is 4.57 Å². The number of benzene rings is 2. The van der Waals surface area contributed by atoms with Crippen molar-refractivity contribution in [1.29, 1.82) is 0 Å². The number of phenolic OH excluding ortho intramolecular Hbond substituents is 1. The molecule has 0 saturated carbocycles. The molecular weight excluding hydrogens is 290 g/mol. The van der Waals surface area contributed by atoms with Gasteiger partial charge in [0.15, 0.2) is 11.5 Å². The van der Waals surface area contributed by atoms with Gasteiger partial charge in [-0.25, -0.2) is 0 Å². The van der Waals surface area contributed by atoms with Crippen LogP contribution in [0.5, 0.6) is 17.2 Å². The first-order valence-electron chi connectivity index (χ1n) is 7.69. The zero-order chi connectivity index (χ0) is 16.4. The first-order chi connectivity index (χ1) is 11.1. The minimum Gasteiger partial charge on any atom is -0.507 e. The highest BCUT2D eigenvalue weighted by atomic mass is 16.5. The first kappa shape index (κ1) is 15.3. The Labute approximate surface area is 135 Å². The molecule has 120 valence electrons. The number of para-hydroxylation sites is 2. The number of rotatable bonds is 5. The van der Waals surface area contributed by atoms with Crippen LogP contribution in [0.2, 0.25) is 0 Å². The fourth-order valence-electron chi connectivity index (χ4n) is 2.80. The van der Waals surface area contributed by atoms with Crippen LogP contribution in [0.4, 0.5) is 0 Å². The van der Waals surface area contributed by atoms with Crippen LogP contribution >= 0.6 is 0 Å². The van der Waals surface area contributed by atoms with Crippen LogP contribution in [0.25, 0.3) is 10.9 Å². The Morgan fingerprint density at radius 2 is 1.78 bits per heavy atom. The Hall–Kier alpha value is -2.62. The maximum absolute atomic E-state index is 10.3. The average Bonchev–Trinajstić information content (AvgIpc) is 2.93. The summed E-state index contributed by atoms with van der Waals surface area (Å²) in [6.45, 7) is 4.61. The van der Waals surface area contributed by atoms with Crippen molar-refractivity contribution < 1.29 is 14.6 Å². The van der Waals surface area contributed by atoms with E-state index in [0.717, 1.165) is 16.5 Å². The van der Waals surface area contributed by atoms with Crippen LogP contribution in [0, 0.1) is 0 Å². The van der Waals surface area contributed by atoms with Gasteiger partial charge in [-0.3, -0.25) is 0 Å². The molecule has 1 heterocycles. The van der Waals surface area contributed by atoms with Gasteiger partial charge in [0.25, 0.3) is 0 Å². The summed E-state index contributed by atoms with van der Waals surface area (Å²) in [6.07, 6.45) is 2.05. The normalized spacial score (nSPS) is 11.1. The summed E-state index contributed by atoms with van der Waals surface area (Å²) >= 11 is 0. The molecule has 0 atom stereocenters. The molecule has 1 N–H and O–H groups in total. The lowest BCUT2D eigenvalue weighted by Gasteiger charge is -2.10. The van der Waals surface area contributed by atoms with Gasteiger partial charge in [-0.15, -0.1) is 0 Å². The summed E-state index contributed by atoms with van der Waals surface area (Å²) in [6, 6.07) is 13.4. The molecule has 2 aromatic carbocycles. The Morgan fingerprint density at radius 3 is 2.48 bits per heavy atom. The van der Waals surface area contributed by atoms with Gasteiger partial charge in [-0.2, -0.15) is 0 Å². The third-order valence-corrected chi connectivity index (χ3v) is 3.92. The van der Waals surface area contributed by atoms with Crippen molar-refractivity contribution in [2.24, 2.45) is 0 Å². The van der Waals surface area contributed by atoms with E-state index in [4.69, 9.17) is 9.47 Å². The molecule has 1 aromatic heterocycles. The summed E-state index contributed by atoms with van der Waals surface area (Å²) in [4.78, 5) is 0. The van der Waals surface area contributed by atoms with Gasteiger partial charge < -0.3 is 19.1 Å². The number of hydrogen-bond acceptors (Lipinski definition) is 3. The lowest BCUT2D eigenvalue weighted by atomic mass is 10.1. The number of aromatic hydroxyl groups is 1. The standard InChI is InChI=1S/C19H21NO3/c1-13(2)20-11-14(19-15(20)7-6-8-16(19)21)12-23-18-10-5-4-9-17(18)22-3/h4-11,13,21H,12H2,1-3H3. The van der Waals surface area contributed by atoms with Crippen molar-refractivity contribution in [2.45, 2.75) is 26.5 Å². The number of methoxy groups -OCH3 is 1. The summed E-state index contributed by atoms with van der Waals surface area (Å²) in [5.41, 5.74) is 1.97. The second kappa shape index (κ2) is 6.24. The highest BCUT2D eigenvalue weighted by molar-refractivity contribution is 5.89. The minimum atomic E-state index is 0.278. The number of phenols is 1. The third-order valence-electron chi connectivity index (χ3n) is 3.92. The van der Waals surface area contributed by atoms with Gasteiger partial charge in [0.05, 0.1) is 12.6 Å². The molecule has 0 spiro atoms. The van der Waals surface area contributed by atoms with Crippen LogP contribution in [-0.2, 0) is 6.61 Å². The van der Waals surface area contributed by atoms with E-state index in [-0.39, 0.29) is 5.75 Å². The second-order valence-electron chi connectivity index (χ2n) is 5.77. The molecule has 0 aliphatic carbocycles. The molecular formula is C19H21NO3. The highest BCUT2D eigenvalue weighted by Crippen LogP contribution is 2.33. The molecule has 0 bridgehead atoms. The van der Waals surface area contributed by atoms with Gasteiger partial charge in [0.1, 0.15) is 12.4 Å². The zero-order valence-corrected chi connectivity index (χ0v) is 13.6. The van der Waals surface area contributed by atoms with Crippen LogP contribution in [-0.4, -0.2) is 16.8 Å². The van der Waals surface area contributed by atoms with Crippen LogP contribution in [0.1, 0.15) is 25.5 Å². The van der Waals surface area contributed by atoms with E-state index >= 15 is 0 Å². The van der Waals surface area contributed by atoms with E-state index < -0.39 is 0 Å². The van der Waals surface area contributed by atoms with Crippen molar-refractivity contribution in [3.05, 3.63) is 54.2 Å². The third kappa shape index (κ3) is 2.84. The van der Waals surface area contributed by atoms with Gasteiger partial charge in [-0.1, -0.05) is 18.2 Å². The molecule has 4 heteroatoms. The number of hydrogen-bond donors (Lipinski definition) is 1. The summed E-state index contributed by atoms with van der Waals surface area (Å²) in [5.74, 6) is 1.67. The van der Waals surface area contributed by atoms with Crippen LogP contribution in [0.3, 0.4) is 0 Å². The van der Waals surface area contributed by atoms with Gasteiger partial charge in [-0.05, 0) is 38.1 Å². The molecule has 0 saturated heterocycles. The maximum Gasteiger partial charge on any atom is 0.161 e. The molecule has 3 aromatic rings. The summed E-state index contributed by atoms with van der Waals surface area (Å²) in [5, 5.41) is 11.1. The fourth-order valence-corrected chi connectivity index (χ4v) is 2.80. The van der Waals surface area contributed by atoms with Crippen molar-refractivity contribution in [3.63, 3.8) is 0 Å². The van der Waals surface area contributed by atoms with E-state index in [1.165, 1.54) is 0 Å². The molecule has 23 heavy (non-hydrogen) atoms. The highest BCUT2D eigenvalue weighted by Gasteiger charge is 2.14. The van der Waals surface area contributed by atoms with Gasteiger partial charge in [0, 0.05) is 23.2 Å². The Morgan fingerprint density at radius 1 is 1.04 bits per heavy atom. The Balaban J connectivity index is 1.97. The van der Waals surface area contributed by atoms with Crippen molar-refractivity contribution in [2.75, 3.05) is 7.11 Å². The lowest BCUT2D eigenvalue weighted by Crippen LogP contribution is -1.99. The topological polar surface area (TPSA) is 43.6 Å². The SMILES string of the molecule is COc1ccccc1OCc1cn(C(C)C)c2cccc(O)c12. The van der Waals surface area contributed by atoms with E-state index in [9.17, 15) is 5.11 Å². The molecule has 0 aliphatic rings. The molecule has 0 amide bonds. The smallest absolute Gasteiger partial charge is 0.161 e. The zero-order valence-electron chi connectivity index (χ0n) is 13.6. The predicted molar refractivity (Wildman–Crippen MR) is 91.3 cm³/mol. The van der Waals surface area contributed by atoms with Crippen molar-refractivity contribution >= 4 is 10.9 Å². The molecule has 0 radical (unpaired) electrons. The van der Waals surface area contributed by atoms with Gasteiger partial charge >= 0.3 is 0 Å². The minimum absolute atomic E-state index is 0.278. The molecule has 4 nitrogen and oxygen atoms in total. The van der Waals surface area contributed by atoms with E-state index in [1.807, 2.05) is 42.6 Å². The lowest BCUT2D eigenvalue weighted by molar-refractivity contribution is 0.285. The number of nitrogens with zero attached hydrogens (tertiary/aromatic N) is 1. The number of aromatic nitrogens is 1. The Kier molecular flexibility index (Phi) is 4.15. The largest absolute Gasteiger partial charge is 0.507 e. The quantitative estimate of drug-likeness (QED) is 0.753. The van der Waals surface area contributed by atoms with E-state index in [1.54, 1.807) is 13.2 Å². The Bertz CT molecular complexity index is 821. The average molecular weight is 311 g/mol. The monoisotopic (exact) mass is 311 g/mol. The van der Waals surface area contributed by atoms with Gasteiger partial charge in [0.2, 0.25) is 0 Å².